The number of nitrogens with one attached hydrogen (secondary N) is 2. The molecule has 0 fully saturated rings. The Bertz CT molecular complexity index is 865. The first-order valence-corrected chi connectivity index (χ1v) is 7.51. The molecule has 0 bridgehead atoms. The molecule has 1 aliphatic heterocycles. The molecule has 3 rings (SSSR count). The fraction of sp³-hybridized carbons (Fsp3) is 0. The van der Waals surface area contributed by atoms with Gasteiger partial charge in [-0.1, -0.05) is 12.1 Å². The Kier molecular flexibility index (Phi) is 3.08. The van der Waals surface area contributed by atoms with Crippen molar-refractivity contribution in [2.45, 2.75) is 4.90 Å². The molecule has 6 nitrogen and oxygen atoms in total. The molecule has 0 amide bonds. The lowest BCUT2D eigenvalue weighted by molar-refractivity contribution is 0.599. The Morgan fingerprint density at radius 1 is 1.00 bits per heavy atom. The molecule has 2 N–H and O–H groups in total. The van der Waals surface area contributed by atoms with E-state index < -0.39 is 10.0 Å². The average molecular weight is 298 g/mol. The summed E-state index contributed by atoms with van der Waals surface area (Å²) in [4.78, 5) is 0.189. The third-order valence-electron chi connectivity index (χ3n) is 2.97. The minimum Gasteiger partial charge on any atom is -0.300 e. The maximum Gasteiger partial charge on any atom is 0.285 e. The Morgan fingerprint density at radius 3 is 2.43 bits per heavy atom. The van der Waals surface area contributed by atoms with Crippen molar-refractivity contribution in [2.75, 3.05) is 5.43 Å². The number of hydrogen-bond acceptors (Lipinski definition) is 5. The van der Waals surface area contributed by atoms with Crippen molar-refractivity contribution < 1.29 is 8.42 Å². The molecule has 0 spiro atoms. The Balaban J connectivity index is 1.82. The number of amidine groups is 1. The second kappa shape index (κ2) is 4.92. The number of nitriles is 1. The van der Waals surface area contributed by atoms with E-state index in [4.69, 9.17) is 5.26 Å². The SMILES string of the molecule is N#Cc1ccc(NNC2=NS(=O)(=O)c3ccccc32)cc1. The highest BCUT2D eigenvalue weighted by Gasteiger charge is 2.28. The van der Waals surface area contributed by atoms with Crippen molar-refractivity contribution in [1.82, 2.24) is 5.43 Å². The van der Waals surface area contributed by atoms with E-state index >= 15 is 0 Å². The van der Waals surface area contributed by atoms with Crippen LogP contribution in [0.2, 0.25) is 0 Å². The molecular formula is C14H10N4O2S. The first-order chi connectivity index (χ1) is 10.1. The van der Waals surface area contributed by atoms with Gasteiger partial charge >= 0.3 is 0 Å². The number of anilines is 1. The summed E-state index contributed by atoms with van der Waals surface area (Å²) in [5, 5.41) is 8.73. The van der Waals surface area contributed by atoms with Gasteiger partial charge in [0.25, 0.3) is 10.0 Å². The van der Waals surface area contributed by atoms with Gasteiger partial charge in [0, 0.05) is 5.56 Å². The topological polar surface area (TPSA) is 94.3 Å². The molecule has 104 valence electrons. The van der Waals surface area contributed by atoms with Gasteiger partial charge in [-0.3, -0.25) is 10.9 Å². The highest BCUT2D eigenvalue weighted by Crippen LogP contribution is 2.24. The van der Waals surface area contributed by atoms with E-state index in [2.05, 4.69) is 15.2 Å². The van der Waals surface area contributed by atoms with E-state index in [1.54, 1.807) is 42.5 Å². The van der Waals surface area contributed by atoms with Crippen LogP contribution >= 0.6 is 0 Å². The quantitative estimate of drug-likeness (QED) is 0.822. The fourth-order valence-electron chi connectivity index (χ4n) is 1.96. The molecule has 0 aliphatic carbocycles. The minimum absolute atomic E-state index is 0.189. The summed E-state index contributed by atoms with van der Waals surface area (Å²) in [5.74, 6) is 0.245. The maximum absolute atomic E-state index is 11.9. The smallest absolute Gasteiger partial charge is 0.285 e. The van der Waals surface area contributed by atoms with E-state index in [-0.39, 0.29) is 10.7 Å². The molecular weight excluding hydrogens is 288 g/mol. The summed E-state index contributed by atoms with van der Waals surface area (Å²) in [7, 11) is -3.63. The molecule has 1 heterocycles. The summed E-state index contributed by atoms with van der Waals surface area (Å²) >= 11 is 0. The predicted molar refractivity (Wildman–Crippen MR) is 78.1 cm³/mol. The molecule has 0 saturated carbocycles. The van der Waals surface area contributed by atoms with Crippen LogP contribution in [0.4, 0.5) is 5.69 Å². The summed E-state index contributed by atoms with van der Waals surface area (Å²) in [5.41, 5.74) is 7.41. The first kappa shape index (κ1) is 13.1. The Labute approximate surface area is 121 Å². The molecule has 0 unspecified atom stereocenters. The van der Waals surface area contributed by atoms with Crippen LogP contribution < -0.4 is 10.9 Å². The van der Waals surface area contributed by atoms with E-state index in [9.17, 15) is 8.42 Å². The van der Waals surface area contributed by atoms with Crippen LogP contribution in [0.3, 0.4) is 0 Å². The lowest BCUT2D eigenvalue weighted by atomic mass is 10.2. The minimum atomic E-state index is -3.63. The predicted octanol–water partition coefficient (Wildman–Crippen LogP) is 1.62. The van der Waals surface area contributed by atoms with Crippen LogP contribution in [0.1, 0.15) is 11.1 Å². The first-order valence-electron chi connectivity index (χ1n) is 6.07. The number of rotatable bonds is 2. The number of sulfonamides is 1. The van der Waals surface area contributed by atoms with Crippen LogP contribution in [0.25, 0.3) is 0 Å². The number of fused-ring (bicyclic) bond motifs is 1. The van der Waals surface area contributed by atoms with E-state index in [1.807, 2.05) is 6.07 Å². The number of hydrogen-bond donors (Lipinski definition) is 2. The van der Waals surface area contributed by atoms with E-state index in [1.165, 1.54) is 6.07 Å². The normalized spacial score (nSPS) is 14.7. The van der Waals surface area contributed by atoms with Crippen LogP contribution in [-0.4, -0.2) is 14.3 Å². The molecule has 7 heteroatoms. The monoisotopic (exact) mass is 298 g/mol. The zero-order valence-corrected chi connectivity index (χ0v) is 11.6. The van der Waals surface area contributed by atoms with Crippen molar-refractivity contribution in [3.8, 4) is 6.07 Å². The summed E-state index contributed by atoms with van der Waals surface area (Å²) in [6.07, 6.45) is 0. The van der Waals surface area contributed by atoms with Gasteiger partial charge in [-0.15, -0.1) is 4.40 Å². The second-order valence-corrected chi connectivity index (χ2v) is 5.92. The molecule has 2 aromatic carbocycles. The van der Waals surface area contributed by atoms with Gasteiger partial charge in [-0.2, -0.15) is 13.7 Å². The van der Waals surface area contributed by atoms with E-state index in [0.717, 1.165) is 0 Å². The highest BCUT2D eigenvalue weighted by molar-refractivity contribution is 7.90. The molecule has 2 aromatic rings. The lowest BCUT2D eigenvalue weighted by Crippen LogP contribution is -2.29. The third kappa shape index (κ3) is 2.44. The average Bonchev–Trinajstić information content (AvgIpc) is 2.77. The number of benzene rings is 2. The molecule has 0 radical (unpaired) electrons. The summed E-state index contributed by atoms with van der Waals surface area (Å²) < 4.78 is 27.4. The van der Waals surface area contributed by atoms with Gasteiger partial charge in [0.1, 0.15) is 4.90 Å². The Hall–Kier alpha value is -2.85. The van der Waals surface area contributed by atoms with Gasteiger partial charge in [0.05, 0.1) is 17.3 Å². The zero-order valence-electron chi connectivity index (χ0n) is 10.7. The molecule has 0 saturated heterocycles. The highest BCUT2D eigenvalue weighted by atomic mass is 32.2. The standard InChI is InChI=1S/C14H10N4O2S/c15-9-10-5-7-11(8-6-10)16-17-14-12-3-1-2-4-13(12)21(19,20)18-14/h1-8,16H,(H,17,18). The fourth-order valence-corrected chi connectivity index (χ4v) is 3.13. The van der Waals surface area contributed by atoms with Gasteiger partial charge in [-0.05, 0) is 36.4 Å². The Morgan fingerprint density at radius 2 is 1.71 bits per heavy atom. The zero-order chi connectivity index (χ0) is 14.9. The van der Waals surface area contributed by atoms with Gasteiger partial charge < -0.3 is 0 Å². The van der Waals surface area contributed by atoms with Gasteiger partial charge in [-0.25, -0.2) is 0 Å². The van der Waals surface area contributed by atoms with Crippen molar-refractivity contribution >= 4 is 21.5 Å². The van der Waals surface area contributed by atoms with Crippen LogP contribution in [-0.2, 0) is 10.0 Å². The van der Waals surface area contributed by atoms with Crippen molar-refractivity contribution in [2.24, 2.45) is 4.40 Å². The molecule has 1 aliphatic rings. The molecule has 0 atom stereocenters. The van der Waals surface area contributed by atoms with Crippen LogP contribution in [0.5, 0.6) is 0 Å². The second-order valence-electron chi connectivity index (χ2n) is 4.35. The third-order valence-corrected chi connectivity index (χ3v) is 4.31. The molecule has 0 aromatic heterocycles. The maximum atomic E-state index is 11.9. The van der Waals surface area contributed by atoms with Crippen molar-refractivity contribution in [3.05, 3.63) is 59.7 Å². The molecule has 21 heavy (non-hydrogen) atoms. The largest absolute Gasteiger partial charge is 0.300 e. The lowest BCUT2D eigenvalue weighted by Gasteiger charge is -2.09. The van der Waals surface area contributed by atoms with E-state index in [0.29, 0.717) is 16.8 Å². The number of nitrogens with zero attached hydrogens (tertiary/aromatic N) is 2. The van der Waals surface area contributed by atoms with Gasteiger partial charge in [0.2, 0.25) is 0 Å². The van der Waals surface area contributed by atoms with Crippen LogP contribution in [0.15, 0.2) is 57.8 Å². The van der Waals surface area contributed by atoms with Crippen molar-refractivity contribution in [3.63, 3.8) is 0 Å². The number of hydrazine groups is 1. The van der Waals surface area contributed by atoms with Crippen molar-refractivity contribution in [1.29, 1.82) is 5.26 Å². The van der Waals surface area contributed by atoms with Crippen LogP contribution in [0, 0.1) is 11.3 Å². The summed E-state index contributed by atoms with van der Waals surface area (Å²) in [6.45, 7) is 0. The van der Waals surface area contributed by atoms with Gasteiger partial charge in [0.15, 0.2) is 5.84 Å². The summed E-state index contributed by atoms with van der Waals surface area (Å²) in [6, 6.07) is 15.4.